The van der Waals surface area contributed by atoms with E-state index in [0.717, 1.165) is 33.9 Å². The number of thioether (sulfide) groups is 1. The Morgan fingerprint density at radius 3 is 2.95 bits per heavy atom. The van der Waals surface area contributed by atoms with Crippen LogP contribution in [-0.2, 0) is 17.1 Å². The number of halogens is 1. The minimum absolute atomic E-state index is 0.299. The number of anilines is 1. The molecule has 3 nitrogen and oxygen atoms in total. The van der Waals surface area contributed by atoms with Crippen LogP contribution in [0.15, 0.2) is 35.2 Å². The van der Waals surface area contributed by atoms with Gasteiger partial charge in [0.1, 0.15) is 5.75 Å². The number of rotatable bonds is 3. The number of benzene rings is 2. The maximum atomic E-state index is 6.17. The lowest BCUT2D eigenvalue weighted by molar-refractivity contribution is -0.0168. The molecule has 0 bridgehead atoms. The van der Waals surface area contributed by atoms with Crippen molar-refractivity contribution < 1.29 is 9.47 Å². The van der Waals surface area contributed by atoms with E-state index in [1.807, 2.05) is 31.2 Å². The Morgan fingerprint density at radius 1 is 1.29 bits per heavy atom. The van der Waals surface area contributed by atoms with Crippen LogP contribution in [0.5, 0.6) is 5.75 Å². The van der Waals surface area contributed by atoms with Gasteiger partial charge in [-0.05, 0) is 42.8 Å². The average Bonchev–Trinajstić information content (AvgIpc) is 2.48. The number of ether oxygens (including phenoxy) is 2. The number of nitrogens with two attached hydrogens (primary N) is 1. The normalized spacial score (nSPS) is 13.6. The number of aryl methyl sites for hydroxylation is 1. The molecule has 0 fully saturated rings. The minimum Gasteiger partial charge on any atom is -0.467 e. The highest BCUT2D eigenvalue weighted by molar-refractivity contribution is 7.98. The highest BCUT2D eigenvalue weighted by Gasteiger charge is 2.16. The lowest BCUT2D eigenvalue weighted by atomic mass is 10.1. The van der Waals surface area contributed by atoms with Gasteiger partial charge in [-0.3, -0.25) is 0 Å². The van der Waals surface area contributed by atoms with E-state index in [0.29, 0.717) is 18.4 Å². The Kier molecular flexibility index (Phi) is 4.29. The van der Waals surface area contributed by atoms with Gasteiger partial charge < -0.3 is 15.2 Å². The van der Waals surface area contributed by atoms with Gasteiger partial charge in [0.05, 0.1) is 6.61 Å². The molecule has 21 heavy (non-hydrogen) atoms. The van der Waals surface area contributed by atoms with Crippen molar-refractivity contribution in [3.63, 3.8) is 0 Å². The first-order valence-electron chi connectivity index (χ1n) is 6.64. The molecule has 3 rings (SSSR count). The fourth-order valence-electron chi connectivity index (χ4n) is 2.26. The number of hydrogen-bond acceptors (Lipinski definition) is 4. The fraction of sp³-hybridized carbons (Fsp3) is 0.250. The summed E-state index contributed by atoms with van der Waals surface area (Å²) in [5, 5.41) is 0.715. The molecule has 2 aromatic carbocycles. The van der Waals surface area contributed by atoms with Crippen molar-refractivity contribution in [1.82, 2.24) is 0 Å². The Balaban J connectivity index is 1.81. The molecule has 0 amide bonds. The average molecular weight is 322 g/mol. The topological polar surface area (TPSA) is 44.5 Å². The van der Waals surface area contributed by atoms with Crippen LogP contribution in [0.1, 0.15) is 16.7 Å². The quantitative estimate of drug-likeness (QED) is 0.672. The van der Waals surface area contributed by atoms with Crippen molar-refractivity contribution in [1.29, 1.82) is 0 Å². The Hall–Kier alpha value is -1.36. The van der Waals surface area contributed by atoms with E-state index in [-0.39, 0.29) is 0 Å². The van der Waals surface area contributed by atoms with E-state index in [2.05, 4.69) is 6.07 Å². The molecule has 0 atom stereocenters. The molecule has 0 spiro atoms. The zero-order valence-electron chi connectivity index (χ0n) is 11.7. The molecule has 110 valence electrons. The first-order chi connectivity index (χ1) is 10.1. The van der Waals surface area contributed by atoms with E-state index in [4.69, 9.17) is 26.8 Å². The van der Waals surface area contributed by atoms with Crippen molar-refractivity contribution in [3.05, 3.63) is 52.0 Å². The third kappa shape index (κ3) is 3.28. The van der Waals surface area contributed by atoms with Crippen LogP contribution in [0.4, 0.5) is 5.69 Å². The second-order valence-corrected chi connectivity index (χ2v) is 6.46. The minimum atomic E-state index is 0.299. The van der Waals surface area contributed by atoms with E-state index < -0.39 is 0 Å². The SMILES string of the molecule is Cc1cc(SCc2cc(Cl)cc3c2OCOC3)ccc1N. The van der Waals surface area contributed by atoms with E-state index >= 15 is 0 Å². The summed E-state index contributed by atoms with van der Waals surface area (Å²) in [7, 11) is 0. The summed E-state index contributed by atoms with van der Waals surface area (Å²) in [6, 6.07) is 9.94. The molecule has 0 saturated heterocycles. The van der Waals surface area contributed by atoms with Gasteiger partial charge in [0, 0.05) is 32.5 Å². The lowest BCUT2D eigenvalue weighted by Crippen LogP contribution is -2.12. The summed E-state index contributed by atoms with van der Waals surface area (Å²) in [5.41, 5.74) is 9.87. The standard InChI is InChI=1S/C16H16ClNO2S/c1-10-4-14(2-3-15(10)18)21-8-12-6-13(17)5-11-7-19-9-20-16(11)12/h2-6H,7-9,18H2,1H3. The van der Waals surface area contributed by atoms with Crippen LogP contribution in [-0.4, -0.2) is 6.79 Å². The molecular weight excluding hydrogens is 306 g/mol. The molecule has 0 unspecified atom stereocenters. The molecular formula is C16H16ClNO2S. The first kappa shape index (κ1) is 14.6. The third-order valence-electron chi connectivity index (χ3n) is 3.39. The Bertz CT molecular complexity index is 676. The highest BCUT2D eigenvalue weighted by Crippen LogP contribution is 2.35. The van der Waals surface area contributed by atoms with Crippen LogP contribution in [0.25, 0.3) is 0 Å². The van der Waals surface area contributed by atoms with Crippen molar-refractivity contribution in [2.45, 2.75) is 24.2 Å². The Morgan fingerprint density at radius 2 is 2.14 bits per heavy atom. The fourth-order valence-corrected chi connectivity index (χ4v) is 3.49. The molecule has 0 saturated carbocycles. The molecule has 0 aromatic heterocycles. The largest absolute Gasteiger partial charge is 0.467 e. The van der Waals surface area contributed by atoms with Crippen LogP contribution >= 0.6 is 23.4 Å². The molecule has 1 aliphatic rings. The second-order valence-electron chi connectivity index (χ2n) is 4.97. The predicted molar refractivity (Wildman–Crippen MR) is 86.9 cm³/mol. The second kappa shape index (κ2) is 6.18. The smallest absolute Gasteiger partial charge is 0.189 e. The molecule has 2 aromatic rings. The summed E-state index contributed by atoms with van der Waals surface area (Å²) in [5.74, 6) is 1.71. The van der Waals surface area contributed by atoms with E-state index in [1.165, 1.54) is 4.90 Å². The summed E-state index contributed by atoms with van der Waals surface area (Å²) in [6.45, 7) is 2.86. The molecule has 0 aliphatic carbocycles. The van der Waals surface area contributed by atoms with Gasteiger partial charge in [0.15, 0.2) is 6.79 Å². The summed E-state index contributed by atoms with van der Waals surface area (Å²) in [6.07, 6.45) is 0. The van der Waals surface area contributed by atoms with Crippen LogP contribution < -0.4 is 10.5 Å². The third-order valence-corrected chi connectivity index (χ3v) is 4.65. The number of fused-ring (bicyclic) bond motifs is 1. The van der Waals surface area contributed by atoms with Gasteiger partial charge in [-0.2, -0.15) is 0 Å². The van der Waals surface area contributed by atoms with E-state index in [1.54, 1.807) is 11.8 Å². The van der Waals surface area contributed by atoms with Gasteiger partial charge in [-0.15, -0.1) is 11.8 Å². The van der Waals surface area contributed by atoms with Gasteiger partial charge in [-0.1, -0.05) is 11.6 Å². The summed E-state index contributed by atoms with van der Waals surface area (Å²) < 4.78 is 10.9. The van der Waals surface area contributed by atoms with Gasteiger partial charge in [0.2, 0.25) is 0 Å². The maximum Gasteiger partial charge on any atom is 0.189 e. The van der Waals surface area contributed by atoms with Crippen molar-refractivity contribution >= 4 is 29.1 Å². The van der Waals surface area contributed by atoms with E-state index in [9.17, 15) is 0 Å². The molecule has 1 aliphatic heterocycles. The maximum absolute atomic E-state index is 6.17. The van der Waals surface area contributed by atoms with Gasteiger partial charge >= 0.3 is 0 Å². The number of hydrogen-bond donors (Lipinski definition) is 1. The van der Waals surface area contributed by atoms with Crippen molar-refractivity contribution in [2.24, 2.45) is 0 Å². The monoisotopic (exact) mass is 321 g/mol. The van der Waals surface area contributed by atoms with Crippen LogP contribution in [0.2, 0.25) is 5.02 Å². The predicted octanol–water partition coefficient (Wildman–Crippen LogP) is 4.39. The number of nitrogen functional groups attached to an aromatic ring is 1. The van der Waals surface area contributed by atoms with Crippen LogP contribution in [0.3, 0.4) is 0 Å². The molecule has 5 heteroatoms. The van der Waals surface area contributed by atoms with Crippen LogP contribution in [0, 0.1) is 6.92 Å². The first-order valence-corrected chi connectivity index (χ1v) is 8.00. The summed E-state index contributed by atoms with van der Waals surface area (Å²) >= 11 is 7.92. The highest BCUT2D eigenvalue weighted by atomic mass is 35.5. The van der Waals surface area contributed by atoms with Crippen molar-refractivity contribution in [3.8, 4) is 5.75 Å². The molecule has 0 radical (unpaired) electrons. The van der Waals surface area contributed by atoms with Gasteiger partial charge in [0.25, 0.3) is 0 Å². The van der Waals surface area contributed by atoms with Crippen molar-refractivity contribution in [2.75, 3.05) is 12.5 Å². The molecule has 1 heterocycles. The van der Waals surface area contributed by atoms with Gasteiger partial charge in [-0.25, -0.2) is 0 Å². The lowest BCUT2D eigenvalue weighted by Gasteiger charge is -2.21. The zero-order chi connectivity index (χ0) is 14.8. The molecule has 2 N–H and O–H groups in total. The zero-order valence-corrected chi connectivity index (χ0v) is 13.3. The Labute approximate surface area is 133 Å². The summed E-state index contributed by atoms with van der Waals surface area (Å²) in [4.78, 5) is 1.18.